The summed E-state index contributed by atoms with van der Waals surface area (Å²) in [6, 6.07) is 0. The first-order valence-electron chi connectivity index (χ1n) is 7.71. The summed E-state index contributed by atoms with van der Waals surface area (Å²) in [5.41, 5.74) is 0.946. The molecule has 0 aromatic carbocycles. The molecule has 0 bridgehead atoms. The predicted octanol–water partition coefficient (Wildman–Crippen LogP) is 3.65. The van der Waals surface area contributed by atoms with Crippen molar-refractivity contribution in [1.82, 2.24) is 9.78 Å². The van der Waals surface area contributed by atoms with Gasteiger partial charge >= 0.3 is 6.18 Å². The Morgan fingerprint density at radius 2 is 2.00 bits per heavy atom. The molecule has 0 N–H and O–H groups in total. The highest BCUT2D eigenvalue weighted by atomic mass is 19.4. The van der Waals surface area contributed by atoms with Crippen LogP contribution in [0.1, 0.15) is 51.3 Å². The average Bonchev–Trinajstić information content (AvgIpc) is 2.76. The molecule has 0 spiro atoms. The Kier molecular flexibility index (Phi) is 3.24. The molecule has 6 heteroatoms. The first kappa shape index (κ1) is 15.6. The van der Waals surface area contributed by atoms with E-state index in [1.54, 1.807) is 0 Å². The minimum absolute atomic E-state index is 0.142. The molecular formula is C16H21F3N2O. The zero-order valence-electron chi connectivity index (χ0n) is 13.1. The van der Waals surface area contributed by atoms with Gasteiger partial charge in [0.25, 0.3) is 0 Å². The second kappa shape index (κ2) is 4.59. The van der Waals surface area contributed by atoms with Gasteiger partial charge in [-0.3, -0.25) is 9.48 Å². The van der Waals surface area contributed by atoms with Gasteiger partial charge in [-0.25, -0.2) is 0 Å². The second-order valence-electron chi connectivity index (χ2n) is 7.47. The van der Waals surface area contributed by atoms with Crippen LogP contribution in [0.15, 0.2) is 6.20 Å². The van der Waals surface area contributed by atoms with E-state index in [9.17, 15) is 18.0 Å². The SMILES string of the molecule is CC1(C)C(=O)CC[C@]2(C)c3nn(CC(F)(F)F)cc3CC[C@@H]12. The van der Waals surface area contributed by atoms with Gasteiger partial charge in [0.1, 0.15) is 12.3 Å². The number of Topliss-reactive ketones (excluding diaryl/α,β-unsaturated/α-hetero) is 1. The topological polar surface area (TPSA) is 34.9 Å². The molecule has 3 rings (SSSR count). The maximum absolute atomic E-state index is 12.6. The van der Waals surface area contributed by atoms with Gasteiger partial charge in [0.2, 0.25) is 0 Å². The van der Waals surface area contributed by atoms with Crippen molar-refractivity contribution in [3.05, 3.63) is 17.5 Å². The molecule has 2 atom stereocenters. The number of alkyl halides is 3. The number of carbonyl (C=O) groups excluding carboxylic acids is 1. The number of aryl methyl sites for hydroxylation is 1. The molecule has 3 nitrogen and oxygen atoms in total. The van der Waals surface area contributed by atoms with E-state index in [0.717, 1.165) is 22.4 Å². The number of aromatic nitrogens is 2. The molecule has 1 aromatic rings. The van der Waals surface area contributed by atoms with Gasteiger partial charge in [0.05, 0.1) is 5.69 Å². The van der Waals surface area contributed by atoms with Crippen molar-refractivity contribution in [3.8, 4) is 0 Å². The summed E-state index contributed by atoms with van der Waals surface area (Å²) >= 11 is 0. The summed E-state index contributed by atoms with van der Waals surface area (Å²) in [6.07, 6.45) is -0.0456. The van der Waals surface area contributed by atoms with Crippen molar-refractivity contribution in [2.24, 2.45) is 11.3 Å². The van der Waals surface area contributed by atoms with Crippen molar-refractivity contribution < 1.29 is 18.0 Å². The molecule has 0 saturated heterocycles. The van der Waals surface area contributed by atoms with Crippen LogP contribution in [-0.2, 0) is 23.2 Å². The van der Waals surface area contributed by atoms with E-state index in [0.29, 0.717) is 19.3 Å². The zero-order chi connectivity index (χ0) is 16.3. The highest BCUT2D eigenvalue weighted by molar-refractivity contribution is 5.86. The van der Waals surface area contributed by atoms with Crippen molar-refractivity contribution in [2.45, 2.75) is 64.6 Å². The molecule has 122 valence electrons. The van der Waals surface area contributed by atoms with Crippen LogP contribution in [-0.4, -0.2) is 21.7 Å². The fraction of sp³-hybridized carbons (Fsp3) is 0.750. The molecule has 1 saturated carbocycles. The minimum Gasteiger partial charge on any atom is -0.299 e. The van der Waals surface area contributed by atoms with E-state index in [-0.39, 0.29) is 17.1 Å². The van der Waals surface area contributed by atoms with Gasteiger partial charge in [-0.1, -0.05) is 20.8 Å². The summed E-state index contributed by atoms with van der Waals surface area (Å²) in [6.45, 7) is 4.95. The van der Waals surface area contributed by atoms with Crippen molar-refractivity contribution >= 4 is 5.78 Å². The molecule has 1 heterocycles. The maximum Gasteiger partial charge on any atom is 0.408 e. The standard InChI is InChI=1S/C16H21F3N2O/c1-14(2)11-5-4-10-8-21(9-16(17,18)19)20-13(10)15(11,3)7-6-12(14)22/h8,11H,4-7,9H2,1-3H3/t11-,15-/m0/s1. The Morgan fingerprint density at radius 3 is 2.64 bits per heavy atom. The van der Waals surface area contributed by atoms with Gasteiger partial charge in [0.15, 0.2) is 0 Å². The van der Waals surface area contributed by atoms with Crippen LogP contribution in [0.5, 0.6) is 0 Å². The van der Waals surface area contributed by atoms with Crippen LogP contribution in [0.2, 0.25) is 0 Å². The number of hydrogen-bond donors (Lipinski definition) is 0. The summed E-state index contributed by atoms with van der Waals surface area (Å²) in [7, 11) is 0. The van der Waals surface area contributed by atoms with E-state index in [2.05, 4.69) is 12.0 Å². The average molecular weight is 314 g/mol. The van der Waals surface area contributed by atoms with Crippen LogP contribution >= 0.6 is 0 Å². The first-order valence-corrected chi connectivity index (χ1v) is 7.71. The molecule has 0 aliphatic heterocycles. The third-order valence-electron chi connectivity index (χ3n) is 5.65. The van der Waals surface area contributed by atoms with Crippen molar-refractivity contribution in [1.29, 1.82) is 0 Å². The van der Waals surface area contributed by atoms with Crippen molar-refractivity contribution in [3.63, 3.8) is 0 Å². The second-order valence-corrected chi connectivity index (χ2v) is 7.47. The van der Waals surface area contributed by atoms with Gasteiger partial charge in [-0.2, -0.15) is 18.3 Å². The van der Waals surface area contributed by atoms with Crippen LogP contribution < -0.4 is 0 Å². The molecule has 0 radical (unpaired) electrons. The zero-order valence-corrected chi connectivity index (χ0v) is 13.1. The van der Waals surface area contributed by atoms with Crippen LogP contribution in [0.3, 0.4) is 0 Å². The van der Waals surface area contributed by atoms with Gasteiger partial charge in [-0.05, 0) is 30.7 Å². The Balaban J connectivity index is 2.00. The monoisotopic (exact) mass is 314 g/mol. The number of rotatable bonds is 1. The Labute approximate surface area is 127 Å². The lowest BCUT2D eigenvalue weighted by Crippen LogP contribution is -2.52. The fourth-order valence-corrected chi connectivity index (χ4v) is 4.51. The lowest BCUT2D eigenvalue weighted by atomic mass is 9.51. The van der Waals surface area contributed by atoms with E-state index in [1.807, 2.05) is 13.8 Å². The van der Waals surface area contributed by atoms with Crippen molar-refractivity contribution in [2.75, 3.05) is 0 Å². The Hall–Kier alpha value is -1.33. The molecule has 0 unspecified atom stereocenters. The molecular weight excluding hydrogens is 293 g/mol. The van der Waals surface area contributed by atoms with Crippen LogP contribution in [0.4, 0.5) is 13.2 Å². The summed E-state index contributed by atoms with van der Waals surface area (Å²) < 4.78 is 38.8. The quantitative estimate of drug-likeness (QED) is 0.793. The Morgan fingerprint density at radius 1 is 1.32 bits per heavy atom. The number of fused-ring (bicyclic) bond motifs is 3. The van der Waals surface area contributed by atoms with E-state index in [1.165, 1.54) is 6.20 Å². The summed E-state index contributed by atoms with van der Waals surface area (Å²) in [4.78, 5) is 12.2. The smallest absolute Gasteiger partial charge is 0.299 e. The fourth-order valence-electron chi connectivity index (χ4n) is 4.51. The maximum atomic E-state index is 12.6. The largest absolute Gasteiger partial charge is 0.408 e. The predicted molar refractivity (Wildman–Crippen MR) is 75.5 cm³/mol. The molecule has 2 aliphatic rings. The summed E-state index contributed by atoms with van der Waals surface area (Å²) in [5, 5.41) is 4.27. The lowest BCUT2D eigenvalue weighted by molar-refractivity contribution is -0.142. The highest BCUT2D eigenvalue weighted by Gasteiger charge is 2.54. The summed E-state index contributed by atoms with van der Waals surface area (Å²) in [5.74, 6) is 0.399. The molecule has 1 fully saturated rings. The molecule has 1 aromatic heterocycles. The van der Waals surface area contributed by atoms with Crippen LogP contribution in [0.25, 0.3) is 0 Å². The lowest BCUT2D eigenvalue weighted by Gasteiger charge is -2.51. The molecule has 0 amide bonds. The van der Waals surface area contributed by atoms with E-state index >= 15 is 0 Å². The van der Waals surface area contributed by atoms with E-state index < -0.39 is 18.1 Å². The number of halogens is 3. The van der Waals surface area contributed by atoms with Gasteiger partial charge in [-0.15, -0.1) is 0 Å². The number of ketones is 1. The van der Waals surface area contributed by atoms with Gasteiger partial charge < -0.3 is 0 Å². The number of hydrogen-bond acceptors (Lipinski definition) is 2. The van der Waals surface area contributed by atoms with E-state index in [4.69, 9.17) is 0 Å². The normalized spacial score (nSPS) is 30.8. The number of nitrogens with zero attached hydrogens (tertiary/aromatic N) is 2. The minimum atomic E-state index is -4.27. The third kappa shape index (κ3) is 2.27. The first-order chi connectivity index (χ1) is 10.0. The third-order valence-corrected chi connectivity index (χ3v) is 5.65. The van der Waals surface area contributed by atoms with Gasteiger partial charge in [0, 0.05) is 23.4 Å². The Bertz CT molecular complexity index is 617. The molecule has 2 aliphatic carbocycles. The molecule has 22 heavy (non-hydrogen) atoms. The van der Waals surface area contributed by atoms with Crippen LogP contribution in [0, 0.1) is 11.3 Å². The highest BCUT2D eigenvalue weighted by Crippen LogP contribution is 2.55. The number of carbonyl (C=O) groups is 1.